The molecule has 0 saturated carbocycles. The van der Waals surface area contributed by atoms with E-state index in [-0.39, 0.29) is 16.0 Å². The summed E-state index contributed by atoms with van der Waals surface area (Å²) in [4.78, 5) is 12.9. The molecule has 0 N–H and O–H groups in total. The third-order valence-corrected chi connectivity index (χ3v) is 4.45. The van der Waals surface area contributed by atoms with E-state index in [1.165, 1.54) is 25.3 Å². The summed E-state index contributed by atoms with van der Waals surface area (Å²) in [6.07, 6.45) is 4.88. The van der Waals surface area contributed by atoms with Gasteiger partial charge in [-0.1, -0.05) is 25.5 Å². The van der Waals surface area contributed by atoms with Crippen molar-refractivity contribution < 1.29 is 4.92 Å². The van der Waals surface area contributed by atoms with Gasteiger partial charge < -0.3 is 0 Å². The highest BCUT2D eigenvalue weighted by Gasteiger charge is 2.24. The lowest BCUT2D eigenvalue weighted by Crippen LogP contribution is -2.40. The Balaban J connectivity index is 2.05. The van der Waals surface area contributed by atoms with Crippen molar-refractivity contribution in [3.63, 3.8) is 0 Å². The standard InChI is InChI=1S/C15H21ClN2O2/c1-2-13-7-3-4-9-17(13)11-15(16)12-6-5-8-14(10-12)18(19)20/h5-6,8,10,13,15H,2-4,7,9,11H2,1H3. The highest BCUT2D eigenvalue weighted by Crippen LogP contribution is 2.28. The molecule has 5 heteroatoms. The molecule has 1 aromatic rings. The van der Waals surface area contributed by atoms with Crippen LogP contribution in [0.2, 0.25) is 0 Å². The van der Waals surface area contributed by atoms with E-state index in [1.54, 1.807) is 12.1 Å². The summed E-state index contributed by atoms with van der Waals surface area (Å²) in [6.45, 7) is 4.05. The van der Waals surface area contributed by atoms with E-state index >= 15 is 0 Å². The molecule has 1 heterocycles. The summed E-state index contributed by atoms with van der Waals surface area (Å²) in [7, 11) is 0. The Bertz CT molecular complexity index is 467. The Kier molecular flexibility index (Phi) is 5.38. The molecule has 2 atom stereocenters. The Morgan fingerprint density at radius 2 is 2.30 bits per heavy atom. The number of non-ortho nitro benzene ring substituents is 1. The Morgan fingerprint density at radius 1 is 1.50 bits per heavy atom. The van der Waals surface area contributed by atoms with Crippen molar-refractivity contribution in [2.45, 2.75) is 44.0 Å². The highest BCUT2D eigenvalue weighted by molar-refractivity contribution is 6.21. The van der Waals surface area contributed by atoms with Crippen molar-refractivity contribution in [2.24, 2.45) is 0 Å². The van der Waals surface area contributed by atoms with Crippen molar-refractivity contribution >= 4 is 17.3 Å². The second kappa shape index (κ2) is 7.04. The number of piperidine rings is 1. The number of likely N-dealkylation sites (tertiary alicyclic amines) is 1. The fourth-order valence-corrected chi connectivity index (χ4v) is 3.22. The van der Waals surface area contributed by atoms with Crippen LogP contribution in [0.3, 0.4) is 0 Å². The molecule has 0 aromatic heterocycles. The second-order valence-corrected chi connectivity index (χ2v) is 5.90. The summed E-state index contributed by atoms with van der Waals surface area (Å²) in [5.41, 5.74) is 0.945. The number of alkyl halides is 1. The Labute approximate surface area is 124 Å². The third-order valence-electron chi connectivity index (χ3n) is 4.06. The number of halogens is 1. The zero-order valence-corrected chi connectivity index (χ0v) is 12.6. The minimum Gasteiger partial charge on any atom is -0.299 e. The zero-order valence-electron chi connectivity index (χ0n) is 11.8. The third kappa shape index (κ3) is 3.70. The summed E-state index contributed by atoms with van der Waals surface area (Å²) >= 11 is 6.47. The fourth-order valence-electron chi connectivity index (χ4n) is 2.91. The predicted octanol–water partition coefficient (Wildman–Crippen LogP) is 4.14. The molecule has 4 nitrogen and oxygen atoms in total. The SMILES string of the molecule is CCC1CCCCN1CC(Cl)c1cccc([N+](=O)[O-])c1. The number of hydrogen-bond acceptors (Lipinski definition) is 3. The Hall–Kier alpha value is -1.13. The van der Waals surface area contributed by atoms with Gasteiger partial charge in [0.15, 0.2) is 0 Å². The monoisotopic (exact) mass is 296 g/mol. The van der Waals surface area contributed by atoms with Crippen LogP contribution >= 0.6 is 11.6 Å². The van der Waals surface area contributed by atoms with Gasteiger partial charge in [0.2, 0.25) is 0 Å². The highest BCUT2D eigenvalue weighted by atomic mass is 35.5. The molecule has 2 rings (SSSR count). The molecule has 2 unspecified atom stereocenters. The second-order valence-electron chi connectivity index (χ2n) is 5.37. The lowest BCUT2D eigenvalue weighted by molar-refractivity contribution is -0.384. The number of nitro benzene ring substituents is 1. The average Bonchev–Trinajstić information content (AvgIpc) is 2.48. The maximum Gasteiger partial charge on any atom is 0.269 e. The molecule has 1 aliphatic rings. The van der Waals surface area contributed by atoms with Gasteiger partial charge in [-0.05, 0) is 31.4 Å². The lowest BCUT2D eigenvalue weighted by atomic mass is 9.99. The van der Waals surface area contributed by atoms with E-state index in [4.69, 9.17) is 11.6 Å². The number of nitro groups is 1. The van der Waals surface area contributed by atoms with Crippen LogP contribution < -0.4 is 0 Å². The van der Waals surface area contributed by atoms with Crippen LogP contribution in [0.1, 0.15) is 43.5 Å². The van der Waals surface area contributed by atoms with Gasteiger partial charge in [0, 0.05) is 24.7 Å². The van der Waals surface area contributed by atoms with Crippen molar-refractivity contribution in [2.75, 3.05) is 13.1 Å². The van der Waals surface area contributed by atoms with Crippen molar-refractivity contribution in [1.82, 2.24) is 4.90 Å². The largest absolute Gasteiger partial charge is 0.299 e. The fraction of sp³-hybridized carbons (Fsp3) is 0.600. The minimum absolute atomic E-state index is 0.110. The van der Waals surface area contributed by atoms with Gasteiger partial charge in [-0.15, -0.1) is 11.6 Å². The number of rotatable bonds is 5. The lowest BCUT2D eigenvalue weighted by Gasteiger charge is -2.36. The van der Waals surface area contributed by atoms with Crippen LogP contribution in [-0.4, -0.2) is 29.0 Å². The van der Waals surface area contributed by atoms with Crippen LogP contribution in [0.5, 0.6) is 0 Å². The van der Waals surface area contributed by atoms with Crippen LogP contribution in [-0.2, 0) is 0 Å². The zero-order chi connectivity index (χ0) is 14.5. The smallest absolute Gasteiger partial charge is 0.269 e. The predicted molar refractivity (Wildman–Crippen MR) is 81.2 cm³/mol. The summed E-state index contributed by atoms with van der Waals surface area (Å²) in [6, 6.07) is 7.26. The molecule has 1 aliphatic heterocycles. The van der Waals surface area contributed by atoms with Crippen LogP contribution in [0.25, 0.3) is 0 Å². The van der Waals surface area contributed by atoms with E-state index < -0.39 is 0 Å². The average molecular weight is 297 g/mol. The van der Waals surface area contributed by atoms with E-state index in [2.05, 4.69) is 11.8 Å². The van der Waals surface area contributed by atoms with E-state index in [9.17, 15) is 10.1 Å². The summed E-state index contributed by atoms with van der Waals surface area (Å²) < 4.78 is 0. The molecule has 0 bridgehead atoms. The Morgan fingerprint density at radius 3 is 3.00 bits per heavy atom. The first-order chi connectivity index (χ1) is 9.61. The maximum absolute atomic E-state index is 10.8. The molecule has 0 aliphatic carbocycles. The molecule has 0 spiro atoms. The van der Waals surface area contributed by atoms with Gasteiger partial charge in [-0.3, -0.25) is 15.0 Å². The summed E-state index contributed by atoms with van der Waals surface area (Å²) in [5.74, 6) is 0. The number of benzene rings is 1. The molecule has 0 amide bonds. The number of nitrogens with zero attached hydrogens (tertiary/aromatic N) is 2. The molecule has 0 radical (unpaired) electrons. The molecule has 1 aromatic carbocycles. The van der Waals surface area contributed by atoms with Crippen molar-refractivity contribution in [3.05, 3.63) is 39.9 Å². The van der Waals surface area contributed by atoms with Crippen molar-refractivity contribution in [1.29, 1.82) is 0 Å². The van der Waals surface area contributed by atoms with Gasteiger partial charge in [-0.25, -0.2) is 0 Å². The molecular weight excluding hydrogens is 276 g/mol. The van der Waals surface area contributed by atoms with Gasteiger partial charge >= 0.3 is 0 Å². The maximum atomic E-state index is 10.8. The number of hydrogen-bond donors (Lipinski definition) is 0. The first-order valence-corrected chi connectivity index (χ1v) is 7.68. The van der Waals surface area contributed by atoms with Gasteiger partial charge in [0.25, 0.3) is 5.69 Å². The molecular formula is C15H21ClN2O2. The molecule has 1 saturated heterocycles. The minimum atomic E-state index is -0.372. The summed E-state index contributed by atoms with van der Waals surface area (Å²) in [5, 5.41) is 10.6. The van der Waals surface area contributed by atoms with Gasteiger partial charge in [-0.2, -0.15) is 0 Å². The van der Waals surface area contributed by atoms with Crippen molar-refractivity contribution in [3.8, 4) is 0 Å². The molecule has 110 valence electrons. The van der Waals surface area contributed by atoms with Gasteiger partial charge in [0.05, 0.1) is 10.3 Å². The first-order valence-electron chi connectivity index (χ1n) is 7.24. The van der Waals surface area contributed by atoms with E-state index in [0.29, 0.717) is 6.04 Å². The van der Waals surface area contributed by atoms with E-state index in [1.807, 2.05) is 6.07 Å². The van der Waals surface area contributed by atoms with Crippen LogP contribution in [0.15, 0.2) is 24.3 Å². The van der Waals surface area contributed by atoms with Crippen LogP contribution in [0.4, 0.5) is 5.69 Å². The van der Waals surface area contributed by atoms with E-state index in [0.717, 1.165) is 25.1 Å². The topological polar surface area (TPSA) is 46.4 Å². The first kappa shape index (κ1) is 15.3. The van der Waals surface area contributed by atoms with Crippen LogP contribution in [0, 0.1) is 10.1 Å². The molecule has 20 heavy (non-hydrogen) atoms. The quantitative estimate of drug-likeness (QED) is 0.466. The molecule has 1 fully saturated rings. The normalized spacial score (nSPS) is 21.6. The van der Waals surface area contributed by atoms with Gasteiger partial charge in [0.1, 0.15) is 0 Å².